The number of piperazine rings is 1. The van der Waals surface area contributed by atoms with E-state index in [1.165, 1.54) is 0 Å². The maximum Gasteiger partial charge on any atom is 0.161 e. The maximum absolute atomic E-state index is 10.7. The van der Waals surface area contributed by atoms with Crippen molar-refractivity contribution in [2.75, 3.05) is 71.5 Å². The zero-order valence-corrected chi connectivity index (χ0v) is 19.5. The number of hydrogen-bond donors (Lipinski definition) is 0. The lowest BCUT2D eigenvalue weighted by atomic mass is 10.1. The molecule has 0 saturated carbocycles. The van der Waals surface area contributed by atoms with Crippen LogP contribution in [0.2, 0.25) is 0 Å². The maximum atomic E-state index is 10.7. The van der Waals surface area contributed by atoms with Gasteiger partial charge in [-0.15, -0.1) is 0 Å². The van der Waals surface area contributed by atoms with Crippen molar-refractivity contribution in [3.8, 4) is 17.2 Å². The Labute approximate surface area is 191 Å². The highest BCUT2D eigenvalue weighted by Crippen LogP contribution is 2.30. The molecular weight excluding hydrogens is 406 g/mol. The molecule has 2 aromatic rings. The van der Waals surface area contributed by atoms with Gasteiger partial charge in [0.25, 0.3) is 0 Å². The molecule has 0 unspecified atom stereocenters. The van der Waals surface area contributed by atoms with E-state index in [4.69, 9.17) is 14.2 Å². The van der Waals surface area contributed by atoms with Crippen LogP contribution in [0, 0.1) is 0 Å². The number of benzene rings is 2. The summed E-state index contributed by atoms with van der Waals surface area (Å²) >= 11 is 0. The van der Waals surface area contributed by atoms with Gasteiger partial charge in [0, 0.05) is 57.6 Å². The van der Waals surface area contributed by atoms with Gasteiger partial charge in [-0.05, 0) is 36.8 Å². The van der Waals surface area contributed by atoms with Gasteiger partial charge in [-0.2, -0.15) is 0 Å². The third-order valence-corrected chi connectivity index (χ3v) is 5.86. The van der Waals surface area contributed by atoms with Crippen molar-refractivity contribution in [3.05, 3.63) is 48.0 Å². The zero-order chi connectivity index (χ0) is 22.8. The van der Waals surface area contributed by atoms with E-state index in [-0.39, 0.29) is 0 Å². The second kappa shape index (κ2) is 12.3. The number of ether oxygens (including phenoxy) is 3. The van der Waals surface area contributed by atoms with Gasteiger partial charge in [0.15, 0.2) is 11.5 Å². The molecule has 0 amide bonds. The Morgan fingerprint density at radius 1 is 0.969 bits per heavy atom. The second-order valence-corrected chi connectivity index (χ2v) is 7.86. The summed E-state index contributed by atoms with van der Waals surface area (Å²) < 4.78 is 17.0. The molecule has 1 fully saturated rings. The minimum Gasteiger partial charge on any atom is -0.497 e. The molecule has 0 bridgehead atoms. The lowest BCUT2D eigenvalue weighted by Gasteiger charge is -2.33. The number of nitrogens with zero attached hydrogens (tertiary/aromatic N) is 3. The molecule has 1 heterocycles. The molecule has 2 aromatic carbocycles. The first-order valence-electron chi connectivity index (χ1n) is 11.2. The number of carbonyl (C=O) groups is 1. The molecule has 0 atom stereocenters. The first-order chi connectivity index (χ1) is 15.7. The first kappa shape index (κ1) is 23.9. The third-order valence-electron chi connectivity index (χ3n) is 5.86. The lowest BCUT2D eigenvalue weighted by molar-refractivity contribution is -0.109. The van der Waals surface area contributed by atoms with Crippen LogP contribution in [0.4, 0.5) is 5.69 Å². The number of aldehydes is 1. The molecular formula is C25H35N3O4. The normalized spacial score (nSPS) is 14.7. The third kappa shape index (κ3) is 6.61. The molecule has 0 spiro atoms. The van der Waals surface area contributed by atoms with Crippen molar-refractivity contribution >= 4 is 12.0 Å². The standard InChI is InChI=1S/C25H35N3O4/c1-4-28(22-6-5-7-23(19-22)30-2)20-21-8-9-24(31-3)25(18-21)32-17-15-27-12-10-26(11-13-27)14-16-29/h5-9,16,18-19H,4,10-15,17,20H2,1-3H3. The van der Waals surface area contributed by atoms with E-state index in [2.05, 4.69) is 45.9 Å². The molecule has 174 valence electrons. The van der Waals surface area contributed by atoms with E-state index in [1.807, 2.05) is 18.2 Å². The molecule has 3 rings (SSSR count). The van der Waals surface area contributed by atoms with Crippen LogP contribution in [-0.2, 0) is 11.3 Å². The van der Waals surface area contributed by atoms with Crippen LogP contribution >= 0.6 is 0 Å². The quantitative estimate of drug-likeness (QED) is 0.470. The molecule has 0 aromatic heterocycles. The summed E-state index contributed by atoms with van der Waals surface area (Å²) in [5.74, 6) is 2.37. The Morgan fingerprint density at radius 2 is 1.75 bits per heavy atom. The molecule has 32 heavy (non-hydrogen) atoms. The predicted molar refractivity (Wildman–Crippen MR) is 127 cm³/mol. The van der Waals surface area contributed by atoms with E-state index in [1.54, 1.807) is 14.2 Å². The van der Waals surface area contributed by atoms with Crippen molar-refractivity contribution in [3.63, 3.8) is 0 Å². The summed E-state index contributed by atoms with van der Waals surface area (Å²) in [5.41, 5.74) is 2.28. The molecule has 0 N–H and O–H groups in total. The topological polar surface area (TPSA) is 54.5 Å². The van der Waals surface area contributed by atoms with Crippen LogP contribution in [0.5, 0.6) is 17.2 Å². The number of methoxy groups -OCH3 is 2. The number of hydrogen-bond acceptors (Lipinski definition) is 7. The number of rotatable bonds is 12. The van der Waals surface area contributed by atoms with Gasteiger partial charge in [-0.3, -0.25) is 9.80 Å². The van der Waals surface area contributed by atoms with Gasteiger partial charge in [0.05, 0.1) is 20.8 Å². The average Bonchev–Trinajstić information content (AvgIpc) is 2.84. The van der Waals surface area contributed by atoms with E-state index < -0.39 is 0 Å². The number of anilines is 1. The molecule has 0 aliphatic carbocycles. The van der Waals surface area contributed by atoms with E-state index in [0.717, 1.165) is 80.6 Å². The average molecular weight is 442 g/mol. The molecule has 7 heteroatoms. The van der Waals surface area contributed by atoms with Gasteiger partial charge < -0.3 is 23.9 Å². The monoisotopic (exact) mass is 441 g/mol. The highest BCUT2D eigenvalue weighted by atomic mass is 16.5. The van der Waals surface area contributed by atoms with Gasteiger partial charge in [-0.25, -0.2) is 0 Å². The van der Waals surface area contributed by atoms with Crippen LogP contribution in [-0.4, -0.2) is 82.7 Å². The second-order valence-electron chi connectivity index (χ2n) is 7.86. The largest absolute Gasteiger partial charge is 0.497 e. The van der Waals surface area contributed by atoms with Crippen LogP contribution in [0.25, 0.3) is 0 Å². The van der Waals surface area contributed by atoms with Gasteiger partial charge >= 0.3 is 0 Å². The fraction of sp³-hybridized carbons (Fsp3) is 0.480. The summed E-state index contributed by atoms with van der Waals surface area (Å²) in [5, 5.41) is 0. The van der Waals surface area contributed by atoms with Gasteiger partial charge in [0.2, 0.25) is 0 Å². The Morgan fingerprint density at radius 3 is 2.44 bits per heavy atom. The highest BCUT2D eigenvalue weighted by molar-refractivity contribution is 5.52. The van der Waals surface area contributed by atoms with Crippen molar-refractivity contribution in [2.24, 2.45) is 0 Å². The fourth-order valence-electron chi connectivity index (χ4n) is 3.93. The minimum atomic E-state index is 0.527. The summed E-state index contributed by atoms with van der Waals surface area (Å²) in [7, 11) is 3.36. The van der Waals surface area contributed by atoms with Crippen molar-refractivity contribution in [2.45, 2.75) is 13.5 Å². The van der Waals surface area contributed by atoms with Crippen LogP contribution in [0.3, 0.4) is 0 Å². The fourth-order valence-corrected chi connectivity index (χ4v) is 3.93. The van der Waals surface area contributed by atoms with Crippen molar-refractivity contribution < 1.29 is 19.0 Å². The minimum absolute atomic E-state index is 0.527. The van der Waals surface area contributed by atoms with Gasteiger partial charge in [-0.1, -0.05) is 12.1 Å². The molecule has 0 radical (unpaired) electrons. The van der Waals surface area contributed by atoms with Gasteiger partial charge in [0.1, 0.15) is 18.6 Å². The molecule has 1 aliphatic heterocycles. The summed E-state index contributed by atoms with van der Waals surface area (Å²) in [6.45, 7) is 9.54. The van der Waals surface area contributed by atoms with E-state index >= 15 is 0 Å². The molecule has 7 nitrogen and oxygen atoms in total. The number of carbonyl (C=O) groups excluding carboxylic acids is 1. The Kier molecular flexibility index (Phi) is 9.19. The van der Waals surface area contributed by atoms with E-state index in [9.17, 15) is 4.79 Å². The van der Waals surface area contributed by atoms with Crippen LogP contribution in [0.1, 0.15) is 12.5 Å². The highest BCUT2D eigenvalue weighted by Gasteiger charge is 2.16. The lowest BCUT2D eigenvalue weighted by Crippen LogP contribution is -2.47. The molecule has 1 aliphatic rings. The Balaban J connectivity index is 1.59. The summed E-state index contributed by atoms with van der Waals surface area (Å²) in [6.07, 6.45) is 0.978. The zero-order valence-electron chi connectivity index (χ0n) is 19.5. The smallest absolute Gasteiger partial charge is 0.161 e. The van der Waals surface area contributed by atoms with Crippen molar-refractivity contribution in [1.82, 2.24) is 9.80 Å². The molecule has 1 saturated heterocycles. The van der Waals surface area contributed by atoms with Crippen LogP contribution < -0.4 is 19.1 Å². The Hall–Kier alpha value is -2.77. The summed E-state index contributed by atoms with van der Waals surface area (Å²) in [4.78, 5) is 17.5. The first-order valence-corrected chi connectivity index (χ1v) is 11.2. The van der Waals surface area contributed by atoms with E-state index in [0.29, 0.717) is 13.2 Å². The summed E-state index contributed by atoms with van der Waals surface area (Å²) in [6, 6.07) is 14.3. The predicted octanol–water partition coefficient (Wildman–Crippen LogP) is 2.93. The van der Waals surface area contributed by atoms with Crippen molar-refractivity contribution in [1.29, 1.82) is 0 Å². The SMILES string of the molecule is CCN(Cc1ccc(OC)c(OCCN2CCN(CC=O)CC2)c1)c1cccc(OC)c1. The Bertz CT molecular complexity index is 853. The van der Waals surface area contributed by atoms with Crippen LogP contribution in [0.15, 0.2) is 42.5 Å².